The number of hydrogen-bond acceptors (Lipinski definition) is 6. The van der Waals surface area contributed by atoms with E-state index in [0.29, 0.717) is 11.5 Å². The van der Waals surface area contributed by atoms with Crippen LogP contribution in [0.3, 0.4) is 0 Å². The van der Waals surface area contributed by atoms with E-state index in [4.69, 9.17) is 4.98 Å². The van der Waals surface area contributed by atoms with Crippen molar-refractivity contribution in [2.45, 2.75) is 43.8 Å². The van der Waals surface area contributed by atoms with E-state index in [1.165, 1.54) is 11.1 Å². The monoisotopic (exact) mass is 385 g/mol. The number of hydrogen-bond donors (Lipinski definition) is 1. The van der Waals surface area contributed by atoms with Gasteiger partial charge in [-0.1, -0.05) is 11.8 Å². The molecule has 0 amide bonds. The van der Waals surface area contributed by atoms with Gasteiger partial charge in [-0.25, -0.2) is 4.98 Å². The first-order valence-corrected chi connectivity index (χ1v) is 10.8. The molecule has 0 aliphatic carbocycles. The third kappa shape index (κ3) is 3.11. The maximum atomic E-state index is 9.82. The second-order valence-corrected chi connectivity index (χ2v) is 8.82. The largest absolute Gasteiger partial charge is 0.393 e. The number of anilines is 1. The van der Waals surface area contributed by atoms with Crippen LogP contribution < -0.4 is 4.90 Å². The van der Waals surface area contributed by atoms with E-state index in [0.717, 1.165) is 51.3 Å². The van der Waals surface area contributed by atoms with Gasteiger partial charge in [0.15, 0.2) is 5.82 Å². The fraction of sp³-hybridized carbons (Fsp3) is 0.550. The van der Waals surface area contributed by atoms with Crippen molar-refractivity contribution < 1.29 is 5.11 Å². The van der Waals surface area contributed by atoms with Crippen LogP contribution in [0.2, 0.25) is 0 Å². The molecule has 1 unspecified atom stereocenters. The summed E-state index contributed by atoms with van der Waals surface area (Å²) >= 11 is 1.90. The number of thioether (sulfide) groups is 1. The molecule has 6 nitrogen and oxygen atoms in total. The van der Waals surface area contributed by atoms with E-state index in [1.807, 2.05) is 24.2 Å². The molecule has 2 atom stereocenters. The van der Waals surface area contributed by atoms with Gasteiger partial charge in [-0.05, 0) is 43.2 Å². The Labute approximate surface area is 164 Å². The lowest BCUT2D eigenvalue weighted by molar-refractivity contribution is 0.0420. The average molecular weight is 386 g/mol. The molecule has 2 aromatic heterocycles. The molecule has 1 N–H and O–H groups in total. The highest BCUT2D eigenvalue weighted by Gasteiger charge is 2.37. The topological polar surface area (TPSA) is 47.2 Å². The Morgan fingerprint density at radius 1 is 1.15 bits per heavy atom. The Bertz CT molecular complexity index is 844. The maximum absolute atomic E-state index is 9.82. The molecule has 144 valence electrons. The van der Waals surface area contributed by atoms with Crippen molar-refractivity contribution in [3.05, 3.63) is 41.8 Å². The summed E-state index contributed by atoms with van der Waals surface area (Å²) in [6, 6.07) is 2.67. The maximum Gasteiger partial charge on any atom is 0.153 e. The van der Waals surface area contributed by atoms with E-state index >= 15 is 0 Å². The Morgan fingerprint density at radius 3 is 2.85 bits per heavy atom. The highest BCUT2D eigenvalue weighted by Crippen LogP contribution is 2.35. The molecule has 0 radical (unpaired) electrons. The molecule has 3 aliphatic rings. The molecule has 5 rings (SSSR count). The summed E-state index contributed by atoms with van der Waals surface area (Å²) in [5, 5.41) is 12.1. The normalized spacial score (nSPS) is 27.3. The van der Waals surface area contributed by atoms with Crippen molar-refractivity contribution in [1.82, 2.24) is 19.2 Å². The van der Waals surface area contributed by atoms with Crippen LogP contribution in [0, 0.1) is 6.92 Å². The number of aryl methyl sites for hydroxylation is 1. The fourth-order valence-electron chi connectivity index (χ4n) is 4.61. The summed E-state index contributed by atoms with van der Waals surface area (Å²) in [6.07, 6.45) is 11.1. The third-order valence-electron chi connectivity index (χ3n) is 6.14. The van der Waals surface area contributed by atoms with Crippen LogP contribution in [0.25, 0.3) is 5.52 Å². The van der Waals surface area contributed by atoms with Gasteiger partial charge in [0, 0.05) is 51.0 Å². The second-order valence-electron chi connectivity index (χ2n) is 7.86. The molecule has 2 fully saturated rings. The molecule has 27 heavy (non-hydrogen) atoms. The quantitative estimate of drug-likeness (QED) is 0.876. The lowest BCUT2D eigenvalue weighted by Gasteiger charge is -2.40. The first-order valence-electron chi connectivity index (χ1n) is 9.89. The van der Waals surface area contributed by atoms with E-state index in [1.54, 1.807) is 0 Å². The zero-order valence-electron chi connectivity index (χ0n) is 15.7. The number of nitrogens with zero attached hydrogens (tertiary/aromatic N) is 5. The number of likely N-dealkylation sites (tertiary alicyclic amines) is 1. The van der Waals surface area contributed by atoms with Crippen LogP contribution in [0.4, 0.5) is 5.82 Å². The molecular formula is C20H27N5OS. The van der Waals surface area contributed by atoms with Gasteiger partial charge in [0.05, 0.1) is 17.7 Å². The summed E-state index contributed by atoms with van der Waals surface area (Å²) < 4.78 is 2.18. The molecule has 2 saturated heterocycles. The van der Waals surface area contributed by atoms with Crippen molar-refractivity contribution in [2.75, 3.05) is 31.1 Å². The van der Waals surface area contributed by atoms with Gasteiger partial charge in [-0.3, -0.25) is 4.90 Å². The smallest absolute Gasteiger partial charge is 0.153 e. The molecule has 0 aromatic carbocycles. The standard InChI is InChI=1S/C20H27N5OS/c1-15-2-7-22-11-6-21-19(18(15)22)24-8-3-16(14-24)25-12-13-27-20(25)23-9-4-17(26)5-10-23/h2,6-7,11-13,16-17,20,26H,3-5,8-10,14H2,1H3/t16-,20?/m0/s1. The van der Waals surface area contributed by atoms with Crippen LogP contribution in [-0.4, -0.2) is 68.1 Å². The third-order valence-corrected chi connectivity index (χ3v) is 7.20. The minimum absolute atomic E-state index is 0.118. The first kappa shape index (κ1) is 17.4. The SMILES string of the molecule is Cc1ccn2ccnc(N3CC[C@H](N4C=CSC4N4CCC(O)CC4)C3)c12. The van der Waals surface area contributed by atoms with Crippen molar-refractivity contribution in [2.24, 2.45) is 0 Å². The number of fused-ring (bicyclic) bond motifs is 1. The van der Waals surface area contributed by atoms with Gasteiger partial charge < -0.3 is 19.3 Å². The van der Waals surface area contributed by atoms with E-state index < -0.39 is 0 Å². The van der Waals surface area contributed by atoms with Gasteiger partial charge in [0.2, 0.25) is 0 Å². The second kappa shape index (κ2) is 7.04. The Balaban J connectivity index is 1.33. The van der Waals surface area contributed by atoms with Gasteiger partial charge >= 0.3 is 0 Å². The van der Waals surface area contributed by atoms with Crippen molar-refractivity contribution in [3.63, 3.8) is 0 Å². The summed E-state index contributed by atoms with van der Waals surface area (Å²) in [6.45, 7) is 6.18. The molecule has 0 saturated carbocycles. The highest BCUT2D eigenvalue weighted by atomic mass is 32.2. The molecule has 3 aliphatic heterocycles. The molecular weight excluding hydrogens is 358 g/mol. The van der Waals surface area contributed by atoms with Gasteiger partial charge in [-0.2, -0.15) is 0 Å². The summed E-state index contributed by atoms with van der Waals surface area (Å²) in [4.78, 5) is 12.2. The summed E-state index contributed by atoms with van der Waals surface area (Å²) in [5.74, 6) is 1.11. The van der Waals surface area contributed by atoms with Crippen molar-refractivity contribution in [3.8, 4) is 0 Å². The summed E-state index contributed by atoms with van der Waals surface area (Å²) in [5.41, 5.74) is 2.88. The molecule has 2 aromatic rings. The Hall–Kier alpha value is -1.70. The number of aliphatic hydroxyl groups excluding tert-OH is 1. The lowest BCUT2D eigenvalue weighted by atomic mass is 10.1. The summed E-state index contributed by atoms with van der Waals surface area (Å²) in [7, 11) is 0. The van der Waals surface area contributed by atoms with Crippen molar-refractivity contribution >= 4 is 23.1 Å². The minimum atomic E-state index is -0.118. The van der Waals surface area contributed by atoms with E-state index in [9.17, 15) is 5.11 Å². The van der Waals surface area contributed by atoms with Gasteiger partial charge in [-0.15, -0.1) is 0 Å². The molecule has 5 heterocycles. The van der Waals surface area contributed by atoms with Gasteiger partial charge in [0.1, 0.15) is 5.50 Å². The highest BCUT2D eigenvalue weighted by molar-refractivity contribution is 8.02. The first-order chi connectivity index (χ1) is 13.2. The molecule has 0 bridgehead atoms. The zero-order valence-corrected chi connectivity index (χ0v) is 16.6. The zero-order chi connectivity index (χ0) is 18.4. The van der Waals surface area contributed by atoms with Crippen LogP contribution in [0.1, 0.15) is 24.8 Å². The Kier molecular flexibility index (Phi) is 4.53. The van der Waals surface area contributed by atoms with Gasteiger partial charge in [0.25, 0.3) is 0 Å². The predicted molar refractivity (Wildman–Crippen MR) is 110 cm³/mol. The van der Waals surface area contributed by atoms with Crippen LogP contribution in [0.5, 0.6) is 0 Å². The molecule has 7 heteroatoms. The minimum Gasteiger partial charge on any atom is -0.393 e. The van der Waals surface area contributed by atoms with Crippen LogP contribution in [-0.2, 0) is 0 Å². The number of aliphatic hydroxyl groups is 1. The van der Waals surface area contributed by atoms with Crippen molar-refractivity contribution in [1.29, 1.82) is 0 Å². The average Bonchev–Trinajstić information content (AvgIpc) is 3.41. The van der Waals surface area contributed by atoms with Crippen LogP contribution >= 0.6 is 11.8 Å². The molecule has 0 spiro atoms. The number of piperidine rings is 1. The van der Waals surface area contributed by atoms with E-state index in [2.05, 4.69) is 49.9 Å². The predicted octanol–water partition coefficient (Wildman–Crippen LogP) is 2.48. The number of aromatic nitrogens is 2. The lowest BCUT2D eigenvalue weighted by Crippen LogP contribution is -2.50. The van der Waals surface area contributed by atoms with Crippen LogP contribution in [0.15, 0.2) is 36.3 Å². The number of rotatable bonds is 3. The fourth-order valence-corrected chi connectivity index (χ4v) is 5.73. The Morgan fingerprint density at radius 2 is 2.00 bits per heavy atom. The van der Waals surface area contributed by atoms with E-state index in [-0.39, 0.29) is 6.10 Å².